The molecule has 0 saturated heterocycles. The van der Waals surface area contributed by atoms with Crippen molar-refractivity contribution in [1.29, 1.82) is 0 Å². The van der Waals surface area contributed by atoms with E-state index in [4.69, 9.17) is 9.47 Å². The number of ether oxygens (including phenoxy) is 2. The van der Waals surface area contributed by atoms with Gasteiger partial charge in [0.15, 0.2) is 6.29 Å². The van der Waals surface area contributed by atoms with Crippen LogP contribution in [0, 0.1) is 0 Å². The summed E-state index contributed by atoms with van der Waals surface area (Å²) < 4.78 is 10.8. The Morgan fingerprint density at radius 1 is 1.15 bits per heavy atom. The number of nitrogens with one attached hydrogen (secondary N) is 1. The van der Waals surface area contributed by atoms with Crippen LogP contribution in [0.15, 0.2) is 24.3 Å². The van der Waals surface area contributed by atoms with Gasteiger partial charge in [0.05, 0.1) is 6.54 Å². The molecule has 5 heteroatoms. The minimum absolute atomic E-state index is 0.125. The van der Waals surface area contributed by atoms with E-state index in [1.165, 1.54) is 0 Å². The summed E-state index contributed by atoms with van der Waals surface area (Å²) in [4.78, 5) is 14.0. The third-order valence-corrected chi connectivity index (χ3v) is 2.78. The Hall–Kier alpha value is -1.59. The second-order valence-corrected chi connectivity index (χ2v) is 4.49. The van der Waals surface area contributed by atoms with Crippen LogP contribution in [0.2, 0.25) is 0 Å². The second kappa shape index (κ2) is 8.55. The second-order valence-electron chi connectivity index (χ2n) is 4.49. The predicted octanol–water partition coefficient (Wildman–Crippen LogP) is 1.88. The number of hydrogen-bond donors (Lipinski definition) is 1. The Morgan fingerprint density at radius 2 is 1.70 bits per heavy atom. The molecule has 0 aliphatic heterocycles. The maximum Gasteiger partial charge on any atom is 0.251 e. The fourth-order valence-electron chi connectivity index (χ4n) is 1.73. The molecule has 1 aromatic carbocycles. The highest BCUT2D eigenvalue weighted by molar-refractivity contribution is 5.94. The highest BCUT2D eigenvalue weighted by atomic mass is 16.7. The van der Waals surface area contributed by atoms with E-state index in [1.54, 1.807) is 12.1 Å². The van der Waals surface area contributed by atoms with Gasteiger partial charge in [-0.1, -0.05) is 0 Å². The van der Waals surface area contributed by atoms with E-state index in [-0.39, 0.29) is 5.91 Å². The SMILES string of the molecule is CCOC(CNC(=O)c1ccc(N(C)C)cc1)OCC. The van der Waals surface area contributed by atoms with E-state index in [9.17, 15) is 4.79 Å². The fraction of sp³-hybridized carbons (Fsp3) is 0.533. The molecule has 0 spiro atoms. The molecule has 20 heavy (non-hydrogen) atoms. The summed E-state index contributed by atoms with van der Waals surface area (Å²) in [5.74, 6) is -0.125. The monoisotopic (exact) mass is 280 g/mol. The van der Waals surface area contributed by atoms with Gasteiger partial charge in [-0.2, -0.15) is 0 Å². The quantitative estimate of drug-likeness (QED) is 0.739. The van der Waals surface area contributed by atoms with Crippen LogP contribution >= 0.6 is 0 Å². The van der Waals surface area contributed by atoms with Gasteiger partial charge in [-0.25, -0.2) is 0 Å². The maximum absolute atomic E-state index is 12.0. The van der Waals surface area contributed by atoms with E-state index < -0.39 is 6.29 Å². The van der Waals surface area contributed by atoms with Crippen LogP contribution in [0.1, 0.15) is 24.2 Å². The van der Waals surface area contributed by atoms with Gasteiger partial charge in [-0.15, -0.1) is 0 Å². The molecule has 5 nitrogen and oxygen atoms in total. The molecule has 0 bridgehead atoms. The molecule has 1 aromatic rings. The molecule has 0 atom stereocenters. The van der Waals surface area contributed by atoms with Crippen LogP contribution in [0.25, 0.3) is 0 Å². The average Bonchev–Trinajstić information content (AvgIpc) is 2.45. The molecule has 0 aromatic heterocycles. The van der Waals surface area contributed by atoms with Crippen LogP contribution in [-0.4, -0.2) is 46.1 Å². The van der Waals surface area contributed by atoms with Crippen molar-refractivity contribution in [2.45, 2.75) is 20.1 Å². The minimum Gasteiger partial charge on any atom is -0.378 e. The van der Waals surface area contributed by atoms with Crippen LogP contribution < -0.4 is 10.2 Å². The van der Waals surface area contributed by atoms with E-state index in [0.29, 0.717) is 25.3 Å². The van der Waals surface area contributed by atoms with Crippen molar-refractivity contribution in [3.05, 3.63) is 29.8 Å². The lowest BCUT2D eigenvalue weighted by Gasteiger charge is -2.17. The van der Waals surface area contributed by atoms with Crippen molar-refractivity contribution in [2.75, 3.05) is 38.8 Å². The number of rotatable bonds is 8. The largest absolute Gasteiger partial charge is 0.378 e. The minimum atomic E-state index is -0.394. The fourth-order valence-corrected chi connectivity index (χ4v) is 1.73. The molecule has 0 aliphatic rings. The molecule has 112 valence electrons. The highest BCUT2D eigenvalue weighted by Gasteiger charge is 2.11. The van der Waals surface area contributed by atoms with Gasteiger partial charge in [0.2, 0.25) is 0 Å². The van der Waals surface area contributed by atoms with Crippen molar-refractivity contribution in [3.8, 4) is 0 Å². The molecule has 0 radical (unpaired) electrons. The normalized spacial score (nSPS) is 10.7. The summed E-state index contributed by atoms with van der Waals surface area (Å²) in [5, 5.41) is 2.81. The average molecular weight is 280 g/mol. The van der Waals surface area contributed by atoms with Gasteiger partial charge in [0.1, 0.15) is 0 Å². The number of nitrogens with zero attached hydrogens (tertiary/aromatic N) is 1. The van der Waals surface area contributed by atoms with E-state index in [2.05, 4.69) is 5.32 Å². The first kappa shape index (κ1) is 16.5. The molecule has 0 fully saturated rings. The first-order valence-corrected chi connectivity index (χ1v) is 6.87. The molecule has 0 aliphatic carbocycles. The Morgan fingerprint density at radius 3 is 2.15 bits per heavy atom. The van der Waals surface area contributed by atoms with E-state index in [0.717, 1.165) is 5.69 Å². The van der Waals surface area contributed by atoms with Gasteiger partial charge in [0.25, 0.3) is 5.91 Å². The molecule has 1 amide bonds. The van der Waals surface area contributed by atoms with E-state index >= 15 is 0 Å². The molecule has 1 rings (SSSR count). The van der Waals surface area contributed by atoms with Gasteiger partial charge >= 0.3 is 0 Å². The van der Waals surface area contributed by atoms with Crippen LogP contribution in [0.4, 0.5) is 5.69 Å². The Balaban J connectivity index is 2.53. The topological polar surface area (TPSA) is 50.8 Å². The summed E-state index contributed by atoms with van der Waals surface area (Å²) in [6, 6.07) is 7.44. The number of carbonyl (C=O) groups excluding carboxylic acids is 1. The van der Waals surface area contributed by atoms with Crippen LogP contribution in [0.3, 0.4) is 0 Å². The van der Waals surface area contributed by atoms with Crippen molar-refractivity contribution >= 4 is 11.6 Å². The zero-order valence-corrected chi connectivity index (χ0v) is 12.7. The zero-order chi connectivity index (χ0) is 15.0. The summed E-state index contributed by atoms with van der Waals surface area (Å²) in [7, 11) is 3.92. The number of amides is 1. The van der Waals surface area contributed by atoms with Crippen molar-refractivity contribution in [3.63, 3.8) is 0 Å². The molecule has 0 saturated carbocycles. The first-order valence-electron chi connectivity index (χ1n) is 6.87. The van der Waals surface area contributed by atoms with Crippen LogP contribution in [-0.2, 0) is 9.47 Å². The molecule has 0 heterocycles. The number of benzene rings is 1. The predicted molar refractivity (Wildman–Crippen MR) is 80.1 cm³/mol. The molecule has 0 unspecified atom stereocenters. The lowest BCUT2D eigenvalue weighted by Crippen LogP contribution is -2.35. The van der Waals surface area contributed by atoms with Gasteiger partial charge in [-0.3, -0.25) is 4.79 Å². The molecular weight excluding hydrogens is 256 g/mol. The molecule has 1 N–H and O–H groups in total. The highest BCUT2D eigenvalue weighted by Crippen LogP contribution is 2.12. The Labute approximate surface area is 120 Å². The molecular formula is C15H24N2O3. The van der Waals surface area contributed by atoms with Gasteiger partial charge in [-0.05, 0) is 38.1 Å². The third-order valence-electron chi connectivity index (χ3n) is 2.78. The lowest BCUT2D eigenvalue weighted by molar-refractivity contribution is -0.131. The van der Waals surface area contributed by atoms with Crippen molar-refractivity contribution in [2.24, 2.45) is 0 Å². The van der Waals surface area contributed by atoms with Crippen molar-refractivity contribution < 1.29 is 14.3 Å². The smallest absolute Gasteiger partial charge is 0.251 e. The van der Waals surface area contributed by atoms with Gasteiger partial charge < -0.3 is 19.7 Å². The lowest BCUT2D eigenvalue weighted by atomic mass is 10.2. The van der Waals surface area contributed by atoms with E-state index in [1.807, 2.05) is 45.0 Å². The summed E-state index contributed by atoms with van der Waals surface area (Å²) in [5.41, 5.74) is 1.69. The number of anilines is 1. The van der Waals surface area contributed by atoms with Gasteiger partial charge in [0, 0.05) is 38.6 Å². The number of hydrogen-bond acceptors (Lipinski definition) is 4. The standard InChI is InChI=1S/C15H24N2O3/c1-5-19-14(20-6-2)11-16-15(18)12-7-9-13(10-8-12)17(3)4/h7-10,14H,5-6,11H2,1-4H3,(H,16,18). The summed E-state index contributed by atoms with van der Waals surface area (Å²) >= 11 is 0. The Bertz CT molecular complexity index is 398. The summed E-state index contributed by atoms with van der Waals surface area (Å²) in [6.45, 7) is 5.24. The third kappa shape index (κ3) is 5.19. The number of carbonyl (C=O) groups is 1. The van der Waals surface area contributed by atoms with Crippen molar-refractivity contribution in [1.82, 2.24) is 5.32 Å². The zero-order valence-electron chi connectivity index (χ0n) is 12.7. The van der Waals surface area contributed by atoms with Crippen LogP contribution in [0.5, 0.6) is 0 Å². The summed E-state index contributed by atoms with van der Waals surface area (Å²) in [6.07, 6.45) is -0.394. The Kier molecular flexibility index (Phi) is 7.04. The first-order chi connectivity index (χ1) is 9.58. The maximum atomic E-state index is 12.0.